The van der Waals surface area contributed by atoms with Crippen molar-refractivity contribution in [3.63, 3.8) is 0 Å². The molecule has 0 unspecified atom stereocenters. The van der Waals surface area contributed by atoms with E-state index in [0.29, 0.717) is 5.69 Å². The normalized spacial score (nSPS) is 31.8. The number of anilines is 1. The van der Waals surface area contributed by atoms with Gasteiger partial charge in [0.1, 0.15) is 6.54 Å². The molecule has 0 aromatic heterocycles. The van der Waals surface area contributed by atoms with Gasteiger partial charge >= 0.3 is 5.97 Å². The Kier molecular flexibility index (Phi) is 5.78. The number of hydrogen-bond donors (Lipinski definition) is 1. The zero-order valence-corrected chi connectivity index (χ0v) is 19.7. The lowest BCUT2D eigenvalue weighted by molar-refractivity contribution is -0.154. The first-order chi connectivity index (χ1) is 14.2. The SMILES string of the molecule is Cc1ccc(NC(=O)COC(=O)CN2C(=O)[C@@H]3[C@H]4C[C@@H]([C@H](Br)[C@H]4Br)[C@@H]3C2=O)cc1C. The highest BCUT2D eigenvalue weighted by Crippen LogP contribution is 2.60. The molecule has 2 saturated carbocycles. The third kappa shape index (κ3) is 3.60. The molecule has 3 aliphatic rings. The molecule has 160 valence electrons. The Bertz CT molecular complexity index is 904. The van der Waals surface area contributed by atoms with Crippen LogP contribution in [-0.2, 0) is 23.9 Å². The minimum Gasteiger partial charge on any atom is -0.454 e. The van der Waals surface area contributed by atoms with Crippen LogP contribution in [0.15, 0.2) is 18.2 Å². The maximum absolute atomic E-state index is 12.8. The zero-order valence-electron chi connectivity index (χ0n) is 16.6. The van der Waals surface area contributed by atoms with Crippen LogP contribution in [-0.4, -0.2) is 51.4 Å². The molecule has 7 nitrogen and oxygen atoms in total. The number of halogens is 2. The Morgan fingerprint density at radius 3 is 2.23 bits per heavy atom. The Morgan fingerprint density at radius 1 is 1.07 bits per heavy atom. The molecule has 1 aliphatic heterocycles. The maximum atomic E-state index is 12.8. The number of aryl methyl sites for hydroxylation is 2. The fourth-order valence-corrected chi connectivity index (χ4v) is 6.78. The summed E-state index contributed by atoms with van der Waals surface area (Å²) in [6, 6.07) is 5.49. The second kappa shape index (κ2) is 8.07. The molecule has 2 bridgehead atoms. The lowest BCUT2D eigenvalue weighted by Crippen LogP contribution is -2.38. The number of benzene rings is 1. The molecule has 4 rings (SSSR count). The van der Waals surface area contributed by atoms with Crippen molar-refractivity contribution >= 4 is 61.2 Å². The minimum atomic E-state index is -0.773. The molecule has 0 spiro atoms. The Balaban J connectivity index is 1.31. The molecule has 9 heteroatoms. The first-order valence-corrected chi connectivity index (χ1v) is 11.7. The molecular weight excluding hydrogens is 520 g/mol. The van der Waals surface area contributed by atoms with Crippen LogP contribution < -0.4 is 5.32 Å². The number of likely N-dealkylation sites (tertiary alicyclic amines) is 1. The van der Waals surface area contributed by atoms with Crippen molar-refractivity contribution in [3.05, 3.63) is 29.3 Å². The van der Waals surface area contributed by atoms with Gasteiger partial charge in [-0.2, -0.15) is 0 Å². The van der Waals surface area contributed by atoms with E-state index in [1.165, 1.54) is 0 Å². The fraction of sp³-hybridized carbons (Fsp3) is 0.524. The standard InChI is InChI=1S/C21H22Br2N2O5/c1-9-3-4-11(5-10(9)2)24-14(26)8-30-15(27)7-25-20(28)16-12-6-13(17(16)21(25)29)19(23)18(12)22/h3-5,12-13,16-19H,6-8H2,1-2H3,(H,24,26)/t12-,13-,16-,17+,18+,19+/m1/s1. The van der Waals surface area contributed by atoms with Gasteiger partial charge in [-0.15, -0.1) is 0 Å². The van der Waals surface area contributed by atoms with Crippen molar-refractivity contribution in [2.75, 3.05) is 18.5 Å². The van der Waals surface area contributed by atoms with Crippen LogP contribution in [0.4, 0.5) is 5.69 Å². The quantitative estimate of drug-likeness (QED) is 0.351. The summed E-state index contributed by atoms with van der Waals surface area (Å²) in [4.78, 5) is 51.1. The summed E-state index contributed by atoms with van der Waals surface area (Å²) in [5, 5.41) is 2.66. The monoisotopic (exact) mass is 540 g/mol. The first kappa shape index (κ1) is 21.5. The van der Waals surface area contributed by atoms with Gasteiger partial charge in [0.15, 0.2) is 6.61 Å². The molecule has 1 aromatic carbocycles. The number of esters is 1. The van der Waals surface area contributed by atoms with Crippen molar-refractivity contribution in [3.8, 4) is 0 Å². The van der Waals surface area contributed by atoms with Gasteiger partial charge in [-0.3, -0.25) is 24.1 Å². The van der Waals surface area contributed by atoms with Gasteiger partial charge in [0.2, 0.25) is 11.8 Å². The number of nitrogens with zero attached hydrogens (tertiary/aromatic N) is 1. The molecule has 3 fully saturated rings. The molecule has 3 amide bonds. The van der Waals surface area contributed by atoms with Crippen LogP contribution in [0.3, 0.4) is 0 Å². The number of imide groups is 1. The molecule has 1 N–H and O–H groups in total. The Labute approximate surface area is 191 Å². The molecule has 0 radical (unpaired) electrons. The van der Waals surface area contributed by atoms with Crippen molar-refractivity contribution in [2.45, 2.75) is 29.9 Å². The van der Waals surface area contributed by atoms with Crippen molar-refractivity contribution in [2.24, 2.45) is 23.7 Å². The number of nitrogens with one attached hydrogen (secondary N) is 1. The van der Waals surface area contributed by atoms with Crippen LogP contribution in [0.2, 0.25) is 0 Å². The lowest BCUT2D eigenvalue weighted by Gasteiger charge is -2.28. The lowest BCUT2D eigenvalue weighted by atomic mass is 9.81. The van der Waals surface area contributed by atoms with Crippen LogP contribution >= 0.6 is 31.9 Å². The topological polar surface area (TPSA) is 92.8 Å². The summed E-state index contributed by atoms with van der Waals surface area (Å²) in [5.74, 6) is -2.44. The first-order valence-electron chi connectivity index (χ1n) is 9.85. The summed E-state index contributed by atoms with van der Waals surface area (Å²) in [5.41, 5.74) is 2.75. The third-order valence-electron chi connectivity index (χ3n) is 6.52. The van der Waals surface area contributed by atoms with Gasteiger partial charge in [-0.05, 0) is 55.4 Å². The zero-order chi connectivity index (χ0) is 21.7. The highest BCUT2D eigenvalue weighted by molar-refractivity contribution is 9.12. The summed E-state index contributed by atoms with van der Waals surface area (Å²) in [6.45, 7) is 2.97. The number of hydrogen-bond acceptors (Lipinski definition) is 5. The largest absolute Gasteiger partial charge is 0.454 e. The molecule has 1 saturated heterocycles. The van der Waals surface area contributed by atoms with Crippen LogP contribution in [0.5, 0.6) is 0 Å². The second-order valence-electron chi connectivity index (χ2n) is 8.27. The van der Waals surface area contributed by atoms with Gasteiger partial charge in [-0.1, -0.05) is 37.9 Å². The van der Waals surface area contributed by atoms with E-state index >= 15 is 0 Å². The van der Waals surface area contributed by atoms with E-state index in [1.54, 1.807) is 6.07 Å². The minimum absolute atomic E-state index is 0.0885. The van der Waals surface area contributed by atoms with E-state index in [2.05, 4.69) is 37.2 Å². The Hall–Kier alpha value is -1.74. The van der Waals surface area contributed by atoms with Gasteiger partial charge in [0.05, 0.1) is 11.8 Å². The van der Waals surface area contributed by atoms with Crippen LogP contribution in [0.1, 0.15) is 17.5 Å². The number of rotatable bonds is 5. The average molecular weight is 542 g/mol. The number of ether oxygens (including phenoxy) is 1. The molecule has 1 aromatic rings. The van der Waals surface area contributed by atoms with E-state index in [9.17, 15) is 19.2 Å². The second-order valence-corrected chi connectivity index (χ2v) is 10.4. The van der Waals surface area contributed by atoms with Gasteiger partial charge < -0.3 is 10.1 Å². The van der Waals surface area contributed by atoms with E-state index < -0.39 is 25.0 Å². The summed E-state index contributed by atoms with van der Waals surface area (Å²) in [6.07, 6.45) is 0.829. The van der Waals surface area contributed by atoms with Crippen molar-refractivity contribution in [1.82, 2.24) is 4.90 Å². The van der Waals surface area contributed by atoms with E-state index in [-0.39, 0.29) is 45.1 Å². The van der Waals surface area contributed by atoms with E-state index in [0.717, 1.165) is 22.4 Å². The number of carbonyl (C=O) groups is 4. The van der Waals surface area contributed by atoms with Gasteiger partial charge in [0.25, 0.3) is 5.91 Å². The smallest absolute Gasteiger partial charge is 0.326 e. The van der Waals surface area contributed by atoms with Crippen LogP contribution in [0, 0.1) is 37.5 Å². The number of amides is 3. The summed E-state index contributed by atoms with van der Waals surface area (Å²) < 4.78 is 5.01. The predicted molar refractivity (Wildman–Crippen MR) is 116 cm³/mol. The molecule has 1 heterocycles. The highest BCUT2D eigenvalue weighted by Gasteiger charge is 2.66. The molecule has 30 heavy (non-hydrogen) atoms. The molecular formula is C21H22Br2N2O5. The molecule has 6 atom stereocenters. The Morgan fingerprint density at radius 2 is 1.67 bits per heavy atom. The summed E-state index contributed by atoms with van der Waals surface area (Å²) in [7, 11) is 0. The van der Waals surface area contributed by atoms with E-state index in [4.69, 9.17) is 4.74 Å². The van der Waals surface area contributed by atoms with Gasteiger partial charge in [0, 0.05) is 15.3 Å². The number of fused-ring (bicyclic) bond motifs is 5. The third-order valence-corrected chi connectivity index (χ3v) is 9.73. The summed E-state index contributed by atoms with van der Waals surface area (Å²) >= 11 is 7.25. The fourth-order valence-electron chi connectivity index (χ4n) is 4.90. The van der Waals surface area contributed by atoms with Crippen LogP contribution in [0.25, 0.3) is 0 Å². The van der Waals surface area contributed by atoms with E-state index in [1.807, 2.05) is 26.0 Å². The predicted octanol–water partition coefficient (Wildman–Crippen LogP) is 2.56. The molecule has 2 aliphatic carbocycles. The van der Waals surface area contributed by atoms with Crippen molar-refractivity contribution in [1.29, 1.82) is 0 Å². The average Bonchev–Trinajstić information content (AvgIpc) is 3.30. The maximum Gasteiger partial charge on any atom is 0.326 e. The van der Waals surface area contributed by atoms with Crippen molar-refractivity contribution < 1.29 is 23.9 Å². The number of alkyl halides is 2. The number of carbonyl (C=O) groups excluding carboxylic acids is 4. The van der Waals surface area contributed by atoms with Gasteiger partial charge in [-0.25, -0.2) is 0 Å². The highest BCUT2D eigenvalue weighted by atomic mass is 79.9.